The minimum Gasteiger partial charge on any atom is -0.481 e. The van der Waals surface area contributed by atoms with E-state index >= 15 is 0 Å². The zero-order chi connectivity index (χ0) is 12.8. The van der Waals surface area contributed by atoms with Crippen LogP contribution in [0.25, 0.3) is 0 Å². The van der Waals surface area contributed by atoms with Gasteiger partial charge in [-0.25, -0.2) is 0 Å². The van der Waals surface area contributed by atoms with E-state index in [2.05, 4.69) is 24.0 Å². The minimum atomic E-state index is -0.869. The van der Waals surface area contributed by atoms with Crippen LogP contribution in [0.5, 0.6) is 0 Å². The first kappa shape index (κ1) is 13.8. The fourth-order valence-electron chi connectivity index (χ4n) is 1.71. The Morgan fingerprint density at radius 1 is 1.53 bits per heavy atom. The SMILES string of the molecule is CCCC(CC)n1c(N)nnc1SCC(=O)O. The number of hydrogen-bond donors (Lipinski definition) is 2. The number of nitrogens with two attached hydrogens (primary N) is 1. The second-order valence-corrected chi connectivity index (χ2v) is 4.69. The summed E-state index contributed by atoms with van der Waals surface area (Å²) in [4.78, 5) is 10.5. The molecule has 6 nitrogen and oxygen atoms in total. The van der Waals surface area contributed by atoms with E-state index in [0.29, 0.717) is 11.1 Å². The van der Waals surface area contributed by atoms with Crippen LogP contribution in [0.1, 0.15) is 39.2 Å². The Morgan fingerprint density at radius 2 is 2.24 bits per heavy atom. The summed E-state index contributed by atoms with van der Waals surface area (Å²) in [5.74, 6) is -0.536. The number of nitrogen functional groups attached to an aromatic ring is 1. The summed E-state index contributed by atoms with van der Waals surface area (Å²) in [6.07, 6.45) is 2.95. The van der Waals surface area contributed by atoms with Crippen molar-refractivity contribution in [3.05, 3.63) is 0 Å². The van der Waals surface area contributed by atoms with Crippen LogP contribution in [-0.4, -0.2) is 31.6 Å². The van der Waals surface area contributed by atoms with Crippen LogP contribution < -0.4 is 5.73 Å². The van der Waals surface area contributed by atoms with Gasteiger partial charge >= 0.3 is 5.97 Å². The van der Waals surface area contributed by atoms with E-state index in [1.807, 2.05) is 4.57 Å². The fourth-order valence-corrected chi connectivity index (χ4v) is 2.44. The summed E-state index contributed by atoms with van der Waals surface area (Å²) in [5, 5.41) is 17.0. The highest BCUT2D eigenvalue weighted by Gasteiger charge is 2.18. The number of carbonyl (C=O) groups is 1. The summed E-state index contributed by atoms with van der Waals surface area (Å²) in [7, 11) is 0. The monoisotopic (exact) mass is 258 g/mol. The number of aliphatic carboxylic acids is 1. The molecule has 1 aromatic rings. The minimum absolute atomic E-state index is 0.0271. The standard InChI is InChI=1S/C10H18N4O2S/c1-3-5-7(4-2)14-9(11)12-13-10(14)17-6-8(15)16/h7H,3-6H2,1-2H3,(H2,11,12)(H,15,16). The molecule has 96 valence electrons. The number of aromatic nitrogens is 3. The molecule has 0 spiro atoms. The van der Waals surface area contributed by atoms with Crippen molar-refractivity contribution < 1.29 is 9.90 Å². The third-order valence-electron chi connectivity index (χ3n) is 2.47. The van der Waals surface area contributed by atoms with Gasteiger partial charge in [-0.3, -0.25) is 9.36 Å². The number of hydrogen-bond acceptors (Lipinski definition) is 5. The molecular weight excluding hydrogens is 240 g/mol. The van der Waals surface area contributed by atoms with Gasteiger partial charge in [-0.15, -0.1) is 10.2 Å². The number of carboxylic acids is 1. The van der Waals surface area contributed by atoms with Crippen molar-refractivity contribution >= 4 is 23.7 Å². The zero-order valence-electron chi connectivity index (χ0n) is 10.1. The molecule has 1 unspecified atom stereocenters. The Balaban J connectivity index is 2.87. The second kappa shape index (κ2) is 6.48. The van der Waals surface area contributed by atoms with Crippen LogP contribution in [0, 0.1) is 0 Å². The Bertz CT molecular complexity index is 380. The van der Waals surface area contributed by atoms with E-state index < -0.39 is 5.97 Å². The number of rotatable bonds is 7. The molecule has 17 heavy (non-hydrogen) atoms. The van der Waals surface area contributed by atoms with Crippen LogP contribution in [0.2, 0.25) is 0 Å². The van der Waals surface area contributed by atoms with E-state index in [9.17, 15) is 4.79 Å². The molecule has 0 aliphatic rings. The predicted molar refractivity (Wildman–Crippen MR) is 67.0 cm³/mol. The van der Waals surface area contributed by atoms with Crippen molar-refractivity contribution in [3.63, 3.8) is 0 Å². The highest BCUT2D eigenvalue weighted by Crippen LogP contribution is 2.27. The molecule has 1 heterocycles. The van der Waals surface area contributed by atoms with E-state index in [1.165, 1.54) is 0 Å². The van der Waals surface area contributed by atoms with Crippen LogP contribution in [0.3, 0.4) is 0 Å². The van der Waals surface area contributed by atoms with Gasteiger partial charge in [0, 0.05) is 6.04 Å². The molecular formula is C10H18N4O2S. The molecule has 1 aromatic heterocycles. The van der Waals surface area contributed by atoms with E-state index in [-0.39, 0.29) is 11.8 Å². The first-order valence-electron chi connectivity index (χ1n) is 5.65. The van der Waals surface area contributed by atoms with Gasteiger partial charge in [-0.1, -0.05) is 32.0 Å². The van der Waals surface area contributed by atoms with Gasteiger partial charge in [-0.2, -0.15) is 0 Å². The smallest absolute Gasteiger partial charge is 0.313 e. The zero-order valence-corrected chi connectivity index (χ0v) is 10.9. The number of nitrogens with zero attached hydrogens (tertiary/aromatic N) is 3. The van der Waals surface area contributed by atoms with Crippen LogP contribution in [0.4, 0.5) is 5.95 Å². The first-order chi connectivity index (χ1) is 8.10. The maximum Gasteiger partial charge on any atom is 0.313 e. The molecule has 1 atom stereocenters. The first-order valence-corrected chi connectivity index (χ1v) is 6.63. The third kappa shape index (κ3) is 3.62. The summed E-state index contributed by atoms with van der Waals surface area (Å²) in [6, 6.07) is 0.242. The van der Waals surface area contributed by atoms with Gasteiger partial charge in [0.15, 0.2) is 5.16 Å². The third-order valence-corrected chi connectivity index (χ3v) is 3.40. The van der Waals surface area contributed by atoms with Gasteiger partial charge in [0.05, 0.1) is 5.75 Å². The predicted octanol–water partition coefficient (Wildman–Crippen LogP) is 1.79. The lowest BCUT2D eigenvalue weighted by Crippen LogP contribution is -2.13. The van der Waals surface area contributed by atoms with Crippen molar-refractivity contribution in [3.8, 4) is 0 Å². The molecule has 0 radical (unpaired) electrons. The van der Waals surface area contributed by atoms with Gasteiger partial charge in [0.1, 0.15) is 0 Å². The maximum atomic E-state index is 10.5. The summed E-state index contributed by atoms with van der Waals surface area (Å²) < 4.78 is 1.84. The number of anilines is 1. The highest BCUT2D eigenvalue weighted by atomic mass is 32.2. The highest BCUT2D eigenvalue weighted by molar-refractivity contribution is 7.99. The summed E-state index contributed by atoms with van der Waals surface area (Å²) in [6.45, 7) is 4.18. The lowest BCUT2D eigenvalue weighted by atomic mass is 10.1. The van der Waals surface area contributed by atoms with E-state index in [0.717, 1.165) is 31.0 Å². The Labute approximate surface area is 105 Å². The van der Waals surface area contributed by atoms with Crippen molar-refractivity contribution in [2.45, 2.75) is 44.3 Å². The fraction of sp³-hybridized carbons (Fsp3) is 0.700. The summed E-state index contributed by atoms with van der Waals surface area (Å²) >= 11 is 1.16. The number of carboxylic acid groups (broad SMARTS) is 1. The largest absolute Gasteiger partial charge is 0.481 e. The molecule has 0 aliphatic heterocycles. The van der Waals surface area contributed by atoms with E-state index in [4.69, 9.17) is 10.8 Å². The van der Waals surface area contributed by atoms with Crippen LogP contribution in [-0.2, 0) is 4.79 Å². The molecule has 0 fully saturated rings. The topological polar surface area (TPSA) is 94.0 Å². The average molecular weight is 258 g/mol. The molecule has 0 saturated heterocycles. The molecule has 0 amide bonds. The maximum absolute atomic E-state index is 10.5. The average Bonchev–Trinajstić information content (AvgIpc) is 2.65. The van der Waals surface area contributed by atoms with Crippen molar-refractivity contribution in [2.75, 3.05) is 11.5 Å². The van der Waals surface area contributed by atoms with Gasteiger partial charge in [-0.05, 0) is 12.8 Å². The normalized spacial score (nSPS) is 12.6. The second-order valence-electron chi connectivity index (χ2n) is 3.74. The van der Waals surface area contributed by atoms with Gasteiger partial charge in [0.25, 0.3) is 0 Å². The summed E-state index contributed by atoms with van der Waals surface area (Å²) in [5.41, 5.74) is 5.78. The molecule has 3 N–H and O–H groups in total. The Hall–Kier alpha value is -1.24. The lowest BCUT2D eigenvalue weighted by molar-refractivity contribution is -0.133. The molecule has 7 heteroatoms. The molecule has 0 saturated carbocycles. The van der Waals surface area contributed by atoms with Gasteiger partial charge < -0.3 is 10.8 Å². The molecule has 0 aliphatic carbocycles. The van der Waals surface area contributed by atoms with Crippen LogP contribution >= 0.6 is 11.8 Å². The van der Waals surface area contributed by atoms with E-state index in [1.54, 1.807) is 0 Å². The Kier molecular flexibility index (Phi) is 5.27. The van der Waals surface area contributed by atoms with Crippen molar-refractivity contribution in [1.29, 1.82) is 0 Å². The molecule has 0 aromatic carbocycles. The van der Waals surface area contributed by atoms with Crippen molar-refractivity contribution in [1.82, 2.24) is 14.8 Å². The molecule has 1 rings (SSSR count). The van der Waals surface area contributed by atoms with Gasteiger partial charge in [0.2, 0.25) is 5.95 Å². The van der Waals surface area contributed by atoms with Crippen molar-refractivity contribution in [2.24, 2.45) is 0 Å². The van der Waals surface area contributed by atoms with Crippen LogP contribution in [0.15, 0.2) is 5.16 Å². The quantitative estimate of drug-likeness (QED) is 0.724. The molecule has 0 bridgehead atoms. The number of thioether (sulfide) groups is 1. The Morgan fingerprint density at radius 3 is 2.76 bits per heavy atom. The lowest BCUT2D eigenvalue weighted by Gasteiger charge is -2.18.